The van der Waals surface area contributed by atoms with Crippen LogP contribution in [0.3, 0.4) is 0 Å². The van der Waals surface area contributed by atoms with E-state index in [4.69, 9.17) is 201 Å². The van der Waals surface area contributed by atoms with Crippen molar-refractivity contribution in [1.29, 1.82) is 0 Å². The number of amidine groups is 1. The maximum Gasteiger partial charge on any atom is 0.322 e. The van der Waals surface area contributed by atoms with Crippen LogP contribution in [0.2, 0.25) is 6.82 Å². The van der Waals surface area contributed by atoms with Gasteiger partial charge in [-0.15, -0.1) is 17.4 Å². The number of aliphatic imine (C=N–C) groups is 1. The summed E-state index contributed by atoms with van der Waals surface area (Å²) in [5, 5.41) is 15.3. The lowest BCUT2D eigenvalue weighted by molar-refractivity contribution is -0.929. The number of ether oxygens (including phenoxy) is 1. The average Bonchev–Trinajstić information content (AvgIpc) is 1.77. The number of aryl methyl sites for hydroxylation is 2. The molecule has 1 atom stereocenters. The molecule has 0 amide bonds. The highest BCUT2D eigenvalue weighted by Crippen LogP contribution is 2.44. The van der Waals surface area contributed by atoms with E-state index in [1.165, 1.54) is 121 Å². The Morgan fingerprint density at radius 2 is 1.01 bits per heavy atom. The molecule has 680 valence electrons. The normalized spacial score (nSPS) is 13.0. The molecule has 36 heteroatoms. The summed E-state index contributed by atoms with van der Waals surface area (Å²) in [6, 6.07) is 60.5. The smallest absolute Gasteiger partial charge is 0.322 e. The highest BCUT2D eigenvalue weighted by molar-refractivity contribution is 7.73. The number of nitrogens with one attached hydrogen (secondary N) is 2. The van der Waals surface area contributed by atoms with Crippen LogP contribution in [0.15, 0.2) is 198 Å². The van der Waals surface area contributed by atoms with Crippen LogP contribution in [0, 0.1) is 23.6 Å². The minimum Gasteiger partial charge on any atom is -0.480 e. The molecule has 3 N–H and O–H groups in total. The molecule has 4 heterocycles. The largest absolute Gasteiger partial charge is 0.480 e. The summed E-state index contributed by atoms with van der Waals surface area (Å²) in [6.07, 6.45) is 12.0. The first-order chi connectivity index (χ1) is 59.0. The number of halogens is 16. The van der Waals surface area contributed by atoms with Crippen molar-refractivity contribution in [3.63, 3.8) is 0 Å². The zero-order chi connectivity index (χ0) is 93.0. The average molecular weight is 2050 g/mol. The number of alkyl halides is 15. The number of hydrogen-bond donors (Lipinski definition) is 3. The number of hydrogen-bond acceptors (Lipinski definition) is 15. The summed E-state index contributed by atoms with van der Waals surface area (Å²) < 4.78 is 11.5. The Morgan fingerprint density at radius 3 is 1.39 bits per heavy atom. The molecule has 0 aliphatic carbocycles. The monoisotopic (exact) mass is 2040 g/mol. The molecule has 3 aromatic heterocycles. The first-order valence-corrected chi connectivity index (χ1v) is 47.2. The first kappa shape index (κ1) is 112. The predicted molar refractivity (Wildman–Crippen MR) is 535 cm³/mol. The molecule has 0 saturated carbocycles. The molecule has 7 aromatic carbocycles. The van der Waals surface area contributed by atoms with Crippen LogP contribution >= 0.6 is 198 Å². The molecule has 2 radical (unpaired) electrons. The van der Waals surface area contributed by atoms with E-state index in [-0.39, 0.29) is 52.8 Å². The van der Waals surface area contributed by atoms with Crippen molar-refractivity contribution in [2.24, 2.45) is 10.1 Å². The fourth-order valence-corrected chi connectivity index (χ4v) is 14.2. The van der Waals surface area contributed by atoms with Gasteiger partial charge in [0.25, 0.3) is 0 Å². The van der Waals surface area contributed by atoms with Gasteiger partial charge in [0.2, 0.25) is 19.0 Å². The van der Waals surface area contributed by atoms with Gasteiger partial charge in [-0.2, -0.15) is 0 Å². The van der Waals surface area contributed by atoms with Crippen molar-refractivity contribution < 1.29 is 28.3 Å². The van der Waals surface area contributed by atoms with E-state index < -0.39 is 24.9 Å². The van der Waals surface area contributed by atoms with Gasteiger partial charge >= 0.3 is 5.97 Å². The summed E-state index contributed by atoms with van der Waals surface area (Å²) in [6.45, 7) is 29.1. The number of thiazole rings is 1. The van der Waals surface area contributed by atoms with E-state index in [0.29, 0.717) is 12.2 Å². The van der Waals surface area contributed by atoms with Crippen LogP contribution in [-0.2, 0) is 39.8 Å². The van der Waals surface area contributed by atoms with Gasteiger partial charge in [0.1, 0.15) is 19.0 Å². The quantitative estimate of drug-likeness (QED) is 0.00931. The van der Waals surface area contributed by atoms with Crippen LogP contribution in [0.4, 0.5) is 10.1 Å². The lowest BCUT2D eigenvalue weighted by Gasteiger charge is -2.39. The lowest BCUT2D eigenvalue weighted by atomic mass is 9.73. The zero-order valence-electron chi connectivity index (χ0n) is 71.9. The third-order valence-electron chi connectivity index (χ3n) is 18.6. The molecular formula is C89H108BCl15FN13O4S2. The number of anilines is 1. The molecule has 17 nitrogen and oxygen atoms in total. The first-order valence-electron chi connectivity index (χ1n) is 40.3. The van der Waals surface area contributed by atoms with Crippen LogP contribution in [-0.4, -0.2) is 171 Å². The summed E-state index contributed by atoms with van der Waals surface area (Å²) >= 11 is 91.9. The topological polar surface area (TPSA) is 192 Å². The van der Waals surface area contributed by atoms with Gasteiger partial charge in [-0.25, -0.2) is 41.1 Å². The maximum absolute atomic E-state index is 12.3. The van der Waals surface area contributed by atoms with Crippen molar-refractivity contribution in [3.05, 3.63) is 255 Å². The van der Waals surface area contributed by atoms with Crippen LogP contribution in [0.25, 0.3) is 21.6 Å². The Hall–Kier alpha value is -4.90. The number of aliphatic carboxylic acids is 1. The van der Waals surface area contributed by atoms with Gasteiger partial charge < -0.3 is 41.6 Å². The van der Waals surface area contributed by atoms with Gasteiger partial charge in [0.15, 0.2) is 44.7 Å². The number of oxime groups is 1. The van der Waals surface area contributed by atoms with E-state index in [2.05, 4.69) is 208 Å². The van der Waals surface area contributed by atoms with Crippen molar-refractivity contribution in [1.82, 2.24) is 44.7 Å². The molecule has 1 saturated heterocycles. The van der Waals surface area contributed by atoms with E-state index in [1.807, 2.05) is 101 Å². The Morgan fingerprint density at radius 1 is 0.592 bits per heavy atom. The number of morpholine rings is 1. The summed E-state index contributed by atoms with van der Waals surface area (Å²) in [5.74, 6) is -1.08. The zero-order valence-corrected chi connectivity index (χ0v) is 84.8. The van der Waals surface area contributed by atoms with Gasteiger partial charge in [0, 0.05) is 37.0 Å². The number of likely N-dealkylation sites (N-methyl/N-ethyl adjacent to an activating group) is 1. The number of nitrogens with zero attached hydrogens (tertiary/aromatic N) is 11. The number of carbonyl (C=O) groups is 1. The van der Waals surface area contributed by atoms with Crippen molar-refractivity contribution in [2.45, 2.75) is 145 Å². The molecular weight excluding hydrogens is 1940 g/mol. The lowest BCUT2D eigenvalue weighted by Crippen LogP contribution is -2.50. The number of rotatable bonds is 25. The fourth-order valence-electron chi connectivity index (χ4n) is 11.8. The molecule has 0 spiro atoms. The molecule has 1 unspecified atom stereocenters. The summed E-state index contributed by atoms with van der Waals surface area (Å²) in [4.78, 5) is 50.7. The van der Waals surface area contributed by atoms with E-state index >= 15 is 0 Å². The van der Waals surface area contributed by atoms with Gasteiger partial charge in [-0.3, -0.25) is 20.1 Å². The van der Waals surface area contributed by atoms with Crippen molar-refractivity contribution in [3.8, 4) is 11.4 Å². The minimum atomic E-state index is -1.99. The highest BCUT2D eigenvalue weighted by Gasteiger charge is 2.39. The third-order valence-corrected chi connectivity index (χ3v) is 22.3. The molecule has 1 fully saturated rings. The standard InChI is InChI=1S/C20H26N2.C16H36N.C14H20N2O2.C11H5Cl6N3.C8H9NO2.C7H7BF.C7H5NS2.C6Cl9N3/c1-16-11-13-18(14-12-16)19(21-3)20(2,22(4)5)15-17-9-7-6-8-10-17;1-5-9-13-17(14-10-6-2,15-11-7-3)16-12-8-4;1-3-18-15-14(16-8-10-17-11-9-16)13-6-4-12(2)5-7-13;12-10(13,14)8-18-7(6-4-2-1-3-5-6)19-9(20-8)11(15,16)17;10-8(11)6-9-7-4-2-1-3-5-7;1-8-6-3-2-4-7(9)5-6;9-7-8-5-3-1-2-4-6(5)10-7;7-4(8,9)1-16-2(5(10,11)12)18-3(17-1)6(13,14)15/h6-14H,15H2,1-5H3;5-16H2,1-4H3;4-7H,3,8-11H2,1-2H3;1-5H;1-5,9H,6H2,(H,10,11);2-5H,1H3;1-4H,(H,8,9);/q;+1;;;;-1;;/b;;15-14-;;;;;. The number of para-hydroxylation sites is 2. The Balaban J connectivity index is 0.000000304. The molecule has 1 aliphatic rings. The highest BCUT2D eigenvalue weighted by atomic mass is 35.6. The van der Waals surface area contributed by atoms with Gasteiger partial charge in [-0.1, -0.05) is 395 Å². The predicted octanol–water partition coefficient (Wildman–Crippen LogP) is 26.9. The number of benzene rings is 7. The second-order valence-electron chi connectivity index (χ2n) is 28.7. The number of carboxylic acids is 1. The van der Waals surface area contributed by atoms with Gasteiger partial charge in [0.05, 0.1) is 60.9 Å². The second-order valence-corrected chi connectivity index (χ2v) is 41.8. The fraction of sp³-hybridized carbons (Fsp3) is 0.416. The van der Waals surface area contributed by atoms with Crippen LogP contribution in [0.1, 0.15) is 150 Å². The van der Waals surface area contributed by atoms with E-state index in [1.54, 1.807) is 29.5 Å². The number of aromatic nitrogens is 7. The minimum absolute atomic E-state index is 0.0377. The maximum atomic E-state index is 12.3. The number of aromatic amines is 1. The summed E-state index contributed by atoms with van der Waals surface area (Å²) in [5.41, 5.74) is 10.7. The molecule has 1 aliphatic heterocycles. The second kappa shape index (κ2) is 57.4. The number of quaternary nitrogens is 1. The van der Waals surface area contributed by atoms with Gasteiger partial charge in [-0.05, 0) is 128 Å². The molecule has 10 aromatic rings. The van der Waals surface area contributed by atoms with Crippen LogP contribution < -0.4 is 10.8 Å². The third kappa shape index (κ3) is 42.5. The number of unbranched alkanes of at least 4 members (excludes halogenated alkanes) is 4. The van der Waals surface area contributed by atoms with E-state index in [0.717, 1.165) is 70.5 Å². The molecule has 0 bridgehead atoms. The Bertz CT molecular complexity index is 4690. The number of fused-ring (bicyclic) bond motifs is 1. The number of carboxylic acid groups (broad SMARTS) is 1. The summed E-state index contributed by atoms with van der Waals surface area (Å²) in [7, 11) is 8.01. The Kier molecular flexibility index (Phi) is 51.6. The van der Waals surface area contributed by atoms with Crippen molar-refractivity contribution >= 4 is 244 Å². The Labute approximate surface area is 821 Å². The number of H-pyrrole nitrogens is 1. The van der Waals surface area contributed by atoms with E-state index in [9.17, 15) is 9.18 Å². The van der Waals surface area contributed by atoms with Crippen molar-refractivity contribution in [2.75, 3.05) is 92.1 Å². The molecule has 11 rings (SSSR count). The SMILES string of the molecule is CCCC[N+](CCCC)(CCCC)CCCC.CCO/N=C(/c1ccc(C)cc1)N1CCOCC1.CN=C(c1ccc(C)cc1)C(C)(Cc1ccccc1)N(C)C.C[B-]c1cccc(F)c1.ClC(Cl)(Cl)c1nc(-c2ccccc2)nc(C(Cl)(Cl)Cl)n1.ClC(Cl)(Cl)c1nc(C(Cl)(Cl)Cl)nc(C(Cl)(Cl)Cl)n1.O=C(O)CNc1ccccc1.S=c1[nH]c2ccccc2s1. The molecule has 125 heavy (non-hydrogen) atoms. The van der Waals surface area contributed by atoms with Crippen LogP contribution in [0.5, 0.6) is 0 Å².